The van der Waals surface area contributed by atoms with E-state index in [1.807, 2.05) is 60.8 Å². The molecule has 0 bridgehead atoms. The minimum atomic E-state index is 0.204. The predicted octanol–water partition coefficient (Wildman–Crippen LogP) is 8.35. The molecule has 0 radical (unpaired) electrons. The molecule has 3 nitrogen and oxygen atoms in total. The standard InChI is InChI=1S/C32H22N2O/c35-32-18-17-22-9-1-4-12-25(22)29(32)21-34-31-16-8-7-15-30(31)33-20-28-26-13-5-2-10-23(26)19-24-11-3-6-14-27(24)28/h1-21,35H. The number of nitrogens with zero attached hydrogens (tertiary/aromatic N) is 2. The van der Waals surface area contributed by atoms with Crippen molar-refractivity contribution >= 4 is 56.1 Å². The molecule has 0 saturated carbocycles. The molecule has 35 heavy (non-hydrogen) atoms. The van der Waals surface area contributed by atoms with Gasteiger partial charge in [-0.2, -0.15) is 0 Å². The van der Waals surface area contributed by atoms with Crippen LogP contribution in [-0.2, 0) is 0 Å². The highest BCUT2D eigenvalue weighted by Gasteiger charge is 2.07. The summed E-state index contributed by atoms with van der Waals surface area (Å²) in [5.41, 5.74) is 3.28. The monoisotopic (exact) mass is 450 g/mol. The first-order valence-corrected chi connectivity index (χ1v) is 11.6. The van der Waals surface area contributed by atoms with Crippen molar-refractivity contribution in [2.45, 2.75) is 0 Å². The molecule has 0 heterocycles. The van der Waals surface area contributed by atoms with Crippen LogP contribution in [0.15, 0.2) is 125 Å². The molecule has 0 aromatic heterocycles. The van der Waals surface area contributed by atoms with Crippen LogP contribution < -0.4 is 0 Å². The van der Waals surface area contributed by atoms with Crippen LogP contribution in [0, 0.1) is 0 Å². The van der Waals surface area contributed by atoms with Crippen molar-refractivity contribution in [3.05, 3.63) is 126 Å². The number of hydrogen-bond acceptors (Lipinski definition) is 3. The second-order valence-corrected chi connectivity index (χ2v) is 8.46. The van der Waals surface area contributed by atoms with E-state index in [-0.39, 0.29) is 5.75 Å². The van der Waals surface area contributed by atoms with Gasteiger partial charge in [0, 0.05) is 23.6 Å². The van der Waals surface area contributed by atoms with Crippen LogP contribution in [0.1, 0.15) is 11.1 Å². The Labute approximate surface area is 203 Å². The summed E-state index contributed by atoms with van der Waals surface area (Å²) >= 11 is 0. The molecule has 0 fully saturated rings. The minimum absolute atomic E-state index is 0.204. The van der Waals surface area contributed by atoms with E-state index in [0.717, 1.165) is 38.5 Å². The van der Waals surface area contributed by atoms with Gasteiger partial charge in [-0.05, 0) is 56.6 Å². The van der Waals surface area contributed by atoms with Crippen LogP contribution in [0.4, 0.5) is 11.4 Å². The highest BCUT2D eigenvalue weighted by molar-refractivity contribution is 6.14. The second-order valence-electron chi connectivity index (χ2n) is 8.46. The van der Waals surface area contributed by atoms with E-state index in [2.05, 4.69) is 54.6 Å². The zero-order chi connectivity index (χ0) is 23.6. The highest BCUT2D eigenvalue weighted by atomic mass is 16.3. The molecule has 1 N–H and O–H groups in total. The first-order chi connectivity index (χ1) is 17.3. The summed E-state index contributed by atoms with van der Waals surface area (Å²) in [7, 11) is 0. The summed E-state index contributed by atoms with van der Waals surface area (Å²) in [5.74, 6) is 0.204. The zero-order valence-electron chi connectivity index (χ0n) is 19.0. The van der Waals surface area contributed by atoms with Gasteiger partial charge in [0.15, 0.2) is 0 Å². The van der Waals surface area contributed by atoms with E-state index >= 15 is 0 Å². The lowest BCUT2D eigenvalue weighted by Gasteiger charge is -2.08. The Balaban J connectivity index is 1.44. The number of fused-ring (bicyclic) bond motifs is 3. The van der Waals surface area contributed by atoms with Crippen LogP contribution >= 0.6 is 0 Å². The van der Waals surface area contributed by atoms with Gasteiger partial charge < -0.3 is 5.11 Å². The second kappa shape index (κ2) is 8.88. The van der Waals surface area contributed by atoms with E-state index in [4.69, 9.17) is 9.98 Å². The van der Waals surface area contributed by atoms with Crippen LogP contribution in [0.3, 0.4) is 0 Å². The van der Waals surface area contributed by atoms with Crippen molar-refractivity contribution in [1.82, 2.24) is 0 Å². The number of aliphatic imine (C=N–C) groups is 2. The molecule has 6 aromatic rings. The maximum atomic E-state index is 10.5. The van der Waals surface area contributed by atoms with Gasteiger partial charge >= 0.3 is 0 Å². The van der Waals surface area contributed by atoms with E-state index in [9.17, 15) is 5.11 Å². The zero-order valence-corrected chi connectivity index (χ0v) is 19.0. The van der Waals surface area contributed by atoms with Crippen LogP contribution in [0.5, 0.6) is 5.75 Å². The Bertz CT molecular complexity index is 1710. The lowest BCUT2D eigenvalue weighted by molar-refractivity contribution is 0.475. The third-order valence-corrected chi connectivity index (χ3v) is 6.31. The maximum absolute atomic E-state index is 10.5. The fraction of sp³-hybridized carbons (Fsp3) is 0. The minimum Gasteiger partial charge on any atom is -0.507 e. The smallest absolute Gasteiger partial charge is 0.124 e. The molecule has 0 aliphatic carbocycles. The molecule has 166 valence electrons. The average Bonchev–Trinajstić information content (AvgIpc) is 2.91. The van der Waals surface area contributed by atoms with Crippen molar-refractivity contribution in [2.75, 3.05) is 0 Å². The quantitative estimate of drug-likeness (QED) is 0.213. The fourth-order valence-electron chi connectivity index (χ4n) is 4.56. The number of phenolic OH excluding ortho intramolecular Hbond substituents is 1. The molecule has 0 aliphatic heterocycles. The number of benzene rings is 6. The first-order valence-electron chi connectivity index (χ1n) is 11.6. The molecule has 0 amide bonds. The average molecular weight is 451 g/mol. The first kappa shape index (κ1) is 20.8. The Hall–Kier alpha value is -4.76. The van der Waals surface area contributed by atoms with Gasteiger partial charge in [0.2, 0.25) is 0 Å². The highest BCUT2D eigenvalue weighted by Crippen LogP contribution is 2.32. The van der Waals surface area contributed by atoms with E-state index in [1.165, 1.54) is 10.8 Å². The normalized spacial score (nSPS) is 11.9. The molecule has 3 heteroatoms. The Morgan fingerprint density at radius 3 is 1.51 bits per heavy atom. The molecule has 0 saturated heterocycles. The van der Waals surface area contributed by atoms with Crippen molar-refractivity contribution in [3.8, 4) is 5.75 Å². The molecule has 0 spiro atoms. The Kier molecular flexibility index (Phi) is 5.28. The number of phenols is 1. The number of aromatic hydroxyl groups is 1. The van der Waals surface area contributed by atoms with Gasteiger partial charge in [-0.15, -0.1) is 0 Å². The third kappa shape index (κ3) is 3.94. The van der Waals surface area contributed by atoms with Gasteiger partial charge in [-0.25, -0.2) is 0 Å². The number of hydrogen-bond donors (Lipinski definition) is 1. The number of rotatable bonds is 4. The summed E-state index contributed by atoms with van der Waals surface area (Å²) in [6.07, 6.45) is 3.66. The van der Waals surface area contributed by atoms with Gasteiger partial charge in [-0.3, -0.25) is 9.98 Å². The Morgan fingerprint density at radius 2 is 0.914 bits per heavy atom. The lowest BCUT2D eigenvalue weighted by Crippen LogP contribution is -1.88. The molecule has 0 atom stereocenters. The van der Waals surface area contributed by atoms with E-state index < -0.39 is 0 Å². The molecule has 6 aromatic carbocycles. The third-order valence-electron chi connectivity index (χ3n) is 6.31. The van der Waals surface area contributed by atoms with E-state index in [1.54, 1.807) is 12.3 Å². The molecule has 6 rings (SSSR count). The summed E-state index contributed by atoms with van der Waals surface area (Å²) in [6, 6.07) is 38.4. The van der Waals surface area contributed by atoms with Crippen LogP contribution in [0.25, 0.3) is 32.3 Å². The maximum Gasteiger partial charge on any atom is 0.124 e. The van der Waals surface area contributed by atoms with Crippen LogP contribution in [0.2, 0.25) is 0 Å². The number of para-hydroxylation sites is 2. The SMILES string of the molecule is Oc1ccc2ccccc2c1C=Nc1ccccc1N=Cc1c2ccccc2cc2ccccc12. The molecular formula is C32H22N2O. The van der Waals surface area contributed by atoms with Crippen molar-refractivity contribution < 1.29 is 5.11 Å². The van der Waals surface area contributed by atoms with Gasteiger partial charge in [0.05, 0.1) is 11.4 Å². The summed E-state index contributed by atoms with van der Waals surface area (Å²) < 4.78 is 0. The molecule has 0 unspecified atom stereocenters. The van der Waals surface area contributed by atoms with Crippen molar-refractivity contribution in [1.29, 1.82) is 0 Å². The Morgan fingerprint density at radius 1 is 0.457 bits per heavy atom. The van der Waals surface area contributed by atoms with Gasteiger partial charge in [0.1, 0.15) is 5.75 Å². The largest absolute Gasteiger partial charge is 0.507 e. The fourth-order valence-corrected chi connectivity index (χ4v) is 4.56. The van der Waals surface area contributed by atoms with Gasteiger partial charge in [0.25, 0.3) is 0 Å². The van der Waals surface area contributed by atoms with Crippen molar-refractivity contribution in [2.24, 2.45) is 9.98 Å². The molecule has 0 aliphatic rings. The predicted molar refractivity (Wildman–Crippen MR) is 148 cm³/mol. The van der Waals surface area contributed by atoms with Crippen LogP contribution in [-0.4, -0.2) is 17.5 Å². The summed E-state index contributed by atoms with van der Waals surface area (Å²) in [5, 5.41) is 17.2. The lowest BCUT2D eigenvalue weighted by atomic mass is 9.97. The van der Waals surface area contributed by atoms with Gasteiger partial charge in [-0.1, -0.05) is 91.0 Å². The topological polar surface area (TPSA) is 45.0 Å². The summed E-state index contributed by atoms with van der Waals surface area (Å²) in [6.45, 7) is 0. The van der Waals surface area contributed by atoms with E-state index in [0.29, 0.717) is 5.56 Å². The molecular weight excluding hydrogens is 428 g/mol. The summed E-state index contributed by atoms with van der Waals surface area (Å²) in [4.78, 5) is 9.60. The van der Waals surface area contributed by atoms with Crippen molar-refractivity contribution in [3.63, 3.8) is 0 Å².